The molecule has 5 heteroatoms. The fourth-order valence-electron chi connectivity index (χ4n) is 4.22. The molecule has 154 valence electrons. The minimum Gasteiger partial charge on any atom is -0.372 e. The number of hydrogen-bond donors (Lipinski definition) is 1. The maximum atomic E-state index is 12.6. The third-order valence-electron chi connectivity index (χ3n) is 6.26. The number of amides is 2. The monoisotopic (exact) mass is 392 g/mol. The van der Waals surface area contributed by atoms with Gasteiger partial charge in [-0.25, -0.2) is 4.79 Å². The number of rotatable bonds is 3. The molecular weight excluding hydrogens is 360 g/mol. The smallest absolute Gasteiger partial charge is 0.321 e. The van der Waals surface area contributed by atoms with Crippen molar-refractivity contribution in [1.29, 1.82) is 0 Å². The van der Waals surface area contributed by atoms with E-state index >= 15 is 0 Å². The predicted octanol–water partition coefficient (Wildman–Crippen LogP) is 4.65. The summed E-state index contributed by atoms with van der Waals surface area (Å²) in [6.45, 7) is 9.71. The van der Waals surface area contributed by atoms with E-state index in [1.165, 1.54) is 54.9 Å². The zero-order chi connectivity index (χ0) is 20.2. The molecule has 2 amide bonds. The van der Waals surface area contributed by atoms with E-state index in [1.807, 2.05) is 17.0 Å². The van der Waals surface area contributed by atoms with Crippen molar-refractivity contribution in [2.45, 2.75) is 33.1 Å². The van der Waals surface area contributed by atoms with E-state index in [0.29, 0.717) is 0 Å². The molecule has 2 aromatic carbocycles. The zero-order valence-electron chi connectivity index (χ0n) is 17.7. The van der Waals surface area contributed by atoms with Gasteiger partial charge in [-0.2, -0.15) is 0 Å². The van der Waals surface area contributed by atoms with E-state index in [-0.39, 0.29) is 6.03 Å². The summed E-state index contributed by atoms with van der Waals surface area (Å²) < 4.78 is 0. The Hall–Kier alpha value is -2.69. The summed E-state index contributed by atoms with van der Waals surface area (Å²) in [6.07, 6.45) is 3.96. The highest BCUT2D eigenvalue weighted by Crippen LogP contribution is 2.24. The Bertz CT molecular complexity index is 834. The molecule has 2 saturated heterocycles. The number of nitrogens with zero attached hydrogens (tertiary/aromatic N) is 3. The Kier molecular flexibility index (Phi) is 5.93. The zero-order valence-corrected chi connectivity index (χ0v) is 17.7. The molecule has 5 nitrogen and oxygen atoms in total. The van der Waals surface area contributed by atoms with Crippen LogP contribution in [-0.4, -0.2) is 50.2 Å². The molecule has 0 bridgehead atoms. The topological polar surface area (TPSA) is 38.8 Å². The van der Waals surface area contributed by atoms with Crippen LogP contribution in [-0.2, 0) is 0 Å². The van der Waals surface area contributed by atoms with Gasteiger partial charge in [0.25, 0.3) is 0 Å². The van der Waals surface area contributed by atoms with E-state index in [2.05, 4.69) is 59.3 Å². The van der Waals surface area contributed by atoms with Gasteiger partial charge in [0.2, 0.25) is 0 Å². The highest BCUT2D eigenvalue weighted by molar-refractivity contribution is 5.89. The van der Waals surface area contributed by atoms with Crippen molar-refractivity contribution in [1.82, 2.24) is 4.90 Å². The second kappa shape index (κ2) is 8.76. The van der Waals surface area contributed by atoms with Gasteiger partial charge in [-0.15, -0.1) is 0 Å². The fourth-order valence-corrected chi connectivity index (χ4v) is 4.22. The van der Waals surface area contributed by atoms with Crippen molar-refractivity contribution in [3.63, 3.8) is 0 Å². The first-order chi connectivity index (χ1) is 14.1. The lowest BCUT2D eigenvalue weighted by molar-refractivity contribution is 0.208. The molecule has 2 aliphatic rings. The molecule has 1 N–H and O–H groups in total. The molecule has 0 saturated carbocycles. The van der Waals surface area contributed by atoms with Gasteiger partial charge in [0.15, 0.2) is 0 Å². The SMILES string of the molecule is Cc1ccc(NC(=O)N2CCN(c3ccc(N4CCCCC4)cc3)CC2)cc1C. The van der Waals surface area contributed by atoms with E-state index < -0.39 is 0 Å². The van der Waals surface area contributed by atoms with Gasteiger partial charge in [0, 0.05) is 56.3 Å². The van der Waals surface area contributed by atoms with Crippen LogP contribution in [0.3, 0.4) is 0 Å². The molecular formula is C24H32N4O. The minimum atomic E-state index is -0.00616. The molecule has 0 atom stereocenters. The van der Waals surface area contributed by atoms with Gasteiger partial charge in [0.05, 0.1) is 0 Å². The molecule has 2 aliphatic heterocycles. The maximum Gasteiger partial charge on any atom is 0.321 e. The van der Waals surface area contributed by atoms with Crippen molar-refractivity contribution in [3.05, 3.63) is 53.6 Å². The summed E-state index contributed by atoms with van der Waals surface area (Å²) in [5.74, 6) is 0. The summed E-state index contributed by atoms with van der Waals surface area (Å²) in [7, 11) is 0. The number of carbonyl (C=O) groups excluding carboxylic acids is 1. The number of benzene rings is 2. The van der Waals surface area contributed by atoms with Gasteiger partial charge in [-0.05, 0) is 80.6 Å². The fraction of sp³-hybridized carbons (Fsp3) is 0.458. The summed E-state index contributed by atoms with van der Waals surface area (Å²) in [6, 6.07) is 15.0. The second-order valence-corrected chi connectivity index (χ2v) is 8.27. The normalized spacial score (nSPS) is 17.4. The van der Waals surface area contributed by atoms with Crippen molar-refractivity contribution in [2.75, 3.05) is 54.4 Å². The van der Waals surface area contributed by atoms with Crippen LogP contribution >= 0.6 is 0 Å². The molecule has 0 aliphatic carbocycles. The van der Waals surface area contributed by atoms with Gasteiger partial charge >= 0.3 is 6.03 Å². The molecule has 0 aromatic heterocycles. The molecule has 0 unspecified atom stereocenters. The van der Waals surface area contributed by atoms with E-state index in [0.717, 1.165) is 31.9 Å². The van der Waals surface area contributed by atoms with E-state index in [4.69, 9.17) is 0 Å². The average Bonchev–Trinajstić information content (AvgIpc) is 2.77. The highest BCUT2D eigenvalue weighted by Gasteiger charge is 2.21. The lowest BCUT2D eigenvalue weighted by atomic mass is 10.1. The molecule has 2 fully saturated rings. The Morgan fingerprint density at radius 2 is 1.31 bits per heavy atom. The van der Waals surface area contributed by atoms with Crippen LogP contribution in [0.1, 0.15) is 30.4 Å². The lowest BCUT2D eigenvalue weighted by Crippen LogP contribution is -2.50. The number of aryl methyl sites for hydroxylation is 2. The first-order valence-corrected chi connectivity index (χ1v) is 10.8. The number of nitrogens with one attached hydrogen (secondary N) is 1. The Morgan fingerprint density at radius 3 is 1.90 bits per heavy atom. The van der Waals surface area contributed by atoms with Crippen LogP contribution in [0.15, 0.2) is 42.5 Å². The van der Waals surface area contributed by atoms with Gasteiger partial charge in [0.1, 0.15) is 0 Å². The van der Waals surface area contributed by atoms with Crippen molar-refractivity contribution in [3.8, 4) is 0 Å². The summed E-state index contributed by atoms with van der Waals surface area (Å²) in [4.78, 5) is 19.4. The largest absolute Gasteiger partial charge is 0.372 e. The van der Waals surface area contributed by atoms with E-state index in [1.54, 1.807) is 0 Å². The van der Waals surface area contributed by atoms with Crippen LogP contribution in [0.2, 0.25) is 0 Å². The number of carbonyl (C=O) groups is 1. The number of anilines is 3. The standard InChI is InChI=1S/C24H32N4O/c1-19-6-7-21(18-20(19)2)25-24(29)28-16-14-27(15-17-28)23-10-8-22(9-11-23)26-12-4-3-5-13-26/h6-11,18H,3-5,12-17H2,1-2H3,(H,25,29). The second-order valence-electron chi connectivity index (χ2n) is 8.27. The molecule has 4 rings (SSSR count). The molecule has 2 aromatic rings. The molecule has 29 heavy (non-hydrogen) atoms. The quantitative estimate of drug-likeness (QED) is 0.826. The van der Waals surface area contributed by atoms with Crippen LogP contribution in [0.5, 0.6) is 0 Å². The van der Waals surface area contributed by atoms with Gasteiger partial charge in [-0.3, -0.25) is 0 Å². The first-order valence-electron chi connectivity index (χ1n) is 10.8. The summed E-state index contributed by atoms with van der Waals surface area (Å²) in [5.41, 5.74) is 5.89. The maximum absolute atomic E-state index is 12.6. The van der Waals surface area contributed by atoms with Crippen LogP contribution in [0.4, 0.5) is 21.9 Å². The Balaban J connectivity index is 1.30. The number of urea groups is 1. The van der Waals surface area contributed by atoms with Crippen molar-refractivity contribution < 1.29 is 4.79 Å². The van der Waals surface area contributed by atoms with Gasteiger partial charge < -0.3 is 20.0 Å². The third kappa shape index (κ3) is 4.66. The van der Waals surface area contributed by atoms with Crippen LogP contribution in [0.25, 0.3) is 0 Å². The summed E-state index contributed by atoms with van der Waals surface area (Å²) in [5, 5.41) is 3.04. The molecule has 0 spiro atoms. The number of piperazine rings is 1. The predicted molar refractivity (Wildman–Crippen MR) is 121 cm³/mol. The Labute approximate surface area is 174 Å². The van der Waals surface area contributed by atoms with Crippen molar-refractivity contribution in [2.24, 2.45) is 0 Å². The molecule has 0 radical (unpaired) electrons. The minimum absolute atomic E-state index is 0.00616. The molecule has 2 heterocycles. The first kappa shape index (κ1) is 19.6. The number of hydrogen-bond acceptors (Lipinski definition) is 3. The lowest BCUT2D eigenvalue weighted by Gasteiger charge is -2.36. The third-order valence-corrected chi connectivity index (χ3v) is 6.26. The van der Waals surface area contributed by atoms with Crippen LogP contribution < -0.4 is 15.1 Å². The van der Waals surface area contributed by atoms with Crippen molar-refractivity contribution >= 4 is 23.1 Å². The summed E-state index contributed by atoms with van der Waals surface area (Å²) >= 11 is 0. The Morgan fingerprint density at radius 1 is 0.724 bits per heavy atom. The van der Waals surface area contributed by atoms with E-state index in [9.17, 15) is 4.79 Å². The average molecular weight is 393 g/mol. The van der Waals surface area contributed by atoms with Gasteiger partial charge in [-0.1, -0.05) is 6.07 Å². The number of piperidine rings is 1. The highest BCUT2D eigenvalue weighted by atomic mass is 16.2. The van der Waals surface area contributed by atoms with Crippen LogP contribution in [0, 0.1) is 13.8 Å².